The van der Waals surface area contributed by atoms with Crippen molar-refractivity contribution in [1.29, 1.82) is 0 Å². The number of hydrogen-bond acceptors (Lipinski definition) is 7. The third kappa shape index (κ3) is 6.46. The molecule has 3 aromatic carbocycles. The smallest absolute Gasteiger partial charge is 0.320 e. The van der Waals surface area contributed by atoms with Gasteiger partial charge in [-0.3, -0.25) is 9.59 Å². The molecule has 0 N–H and O–H groups in total. The SMILES string of the molecule is COC(=O)C(C(=O)OC)C(C)(c1ccc(Cl)c(N(Cc2ccc(OC)cc2)Cc2ccc(OC)cc2)c1)C1CCC1. The lowest BCUT2D eigenvalue weighted by molar-refractivity contribution is -0.164. The lowest BCUT2D eigenvalue weighted by Gasteiger charge is -2.46. The number of ether oxygens (including phenoxy) is 4. The third-order valence-corrected chi connectivity index (χ3v) is 8.72. The van der Waals surface area contributed by atoms with Crippen LogP contribution in [-0.4, -0.2) is 40.4 Å². The molecule has 0 saturated heterocycles. The highest BCUT2D eigenvalue weighted by molar-refractivity contribution is 6.33. The van der Waals surface area contributed by atoms with E-state index < -0.39 is 23.3 Å². The Kier molecular flexibility index (Phi) is 9.81. The van der Waals surface area contributed by atoms with Crippen LogP contribution in [0, 0.1) is 11.8 Å². The summed E-state index contributed by atoms with van der Waals surface area (Å²) in [5.74, 6) is -0.635. The summed E-state index contributed by atoms with van der Waals surface area (Å²) >= 11 is 6.89. The van der Waals surface area contributed by atoms with Gasteiger partial charge in [0.25, 0.3) is 0 Å². The molecule has 1 unspecified atom stereocenters. The number of esters is 2. The van der Waals surface area contributed by atoms with E-state index in [4.69, 9.17) is 30.5 Å². The molecule has 0 aromatic heterocycles. The maximum atomic E-state index is 13.1. The Morgan fingerprint density at radius 1 is 0.829 bits per heavy atom. The summed E-state index contributed by atoms with van der Waals surface area (Å²) in [5.41, 5.74) is 2.95. The van der Waals surface area contributed by atoms with Gasteiger partial charge in [-0.2, -0.15) is 0 Å². The molecular weight excluding hydrogens is 542 g/mol. The van der Waals surface area contributed by atoms with Gasteiger partial charge in [0.2, 0.25) is 0 Å². The summed E-state index contributed by atoms with van der Waals surface area (Å²) in [5, 5.41) is 0.569. The normalized spacial score (nSPS) is 14.5. The van der Waals surface area contributed by atoms with Crippen molar-refractivity contribution < 1.29 is 28.5 Å². The fraction of sp³-hybridized carbons (Fsp3) is 0.394. The van der Waals surface area contributed by atoms with E-state index >= 15 is 0 Å². The number of anilines is 1. The van der Waals surface area contributed by atoms with Crippen molar-refractivity contribution in [3.8, 4) is 11.5 Å². The van der Waals surface area contributed by atoms with Crippen LogP contribution in [0.1, 0.15) is 42.9 Å². The van der Waals surface area contributed by atoms with Crippen molar-refractivity contribution in [2.45, 2.75) is 44.7 Å². The van der Waals surface area contributed by atoms with Crippen LogP contribution in [0.5, 0.6) is 11.5 Å². The first kappa shape index (κ1) is 30.3. The Morgan fingerprint density at radius 2 is 1.32 bits per heavy atom. The zero-order valence-electron chi connectivity index (χ0n) is 24.3. The van der Waals surface area contributed by atoms with Crippen molar-refractivity contribution in [3.05, 3.63) is 88.4 Å². The highest BCUT2D eigenvalue weighted by atomic mass is 35.5. The molecule has 0 radical (unpaired) electrons. The van der Waals surface area contributed by atoms with Crippen LogP contribution < -0.4 is 14.4 Å². The van der Waals surface area contributed by atoms with Crippen LogP contribution in [0.3, 0.4) is 0 Å². The second-order valence-electron chi connectivity index (χ2n) is 10.6. The zero-order valence-corrected chi connectivity index (χ0v) is 25.1. The Morgan fingerprint density at radius 3 is 1.71 bits per heavy atom. The summed E-state index contributed by atoms with van der Waals surface area (Å²) in [7, 11) is 5.90. The topological polar surface area (TPSA) is 74.3 Å². The second-order valence-corrected chi connectivity index (χ2v) is 11.0. The minimum Gasteiger partial charge on any atom is -0.497 e. The predicted octanol–water partition coefficient (Wildman–Crippen LogP) is 6.58. The van der Waals surface area contributed by atoms with Gasteiger partial charge >= 0.3 is 11.9 Å². The van der Waals surface area contributed by atoms with E-state index in [1.165, 1.54) is 14.2 Å². The van der Waals surface area contributed by atoms with Gasteiger partial charge < -0.3 is 23.8 Å². The molecule has 1 atom stereocenters. The Hall–Kier alpha value is -3.71. The van der Waals surface area contributed by atoms with Crippen molar-refractivity contribution in [1.82, 2.24) is 0 Å². The fourth-order valence-corrected chi connectivity index (χ4v) is 5.92. The molecule has 0 aliphatic heterocycles. The lowest BCUT2D eigenvalue weighted by Crippen LogP contribution is -2.50. The van der Waals surface area contributed by atoms with Crippen molar-refractivity contribution in [2.75, 3.05) is 33.3 Å². The quantitative estimate of drug-likeness (QED) is 0.177. The highest BCUT2D eigenvalue weighted by Gasteiger charge is 2.53. The van der Waals surface area contributed by atoms with E-state index in [0.29, 0.717) is 18.1 Å². The first-order valence-corrected chi connectivity index (χ1v) is 14.1. The van der Waals surface area contributed by atoms with Gasteiger partial charge in [-0.05, 0) is 71.8 Å². The predicted molar refractivity (Wildman–Crippen MR) is 160 cm³/mol. The molecule has 0 bridgehead atoms. The standard InChI is InChI=1S/C33H38ClNO6/c1-33(24-7-6-8-24,30(31(36)40-4)32(37)41-5)25-13-18-28(34)29(19-25)35(20-22-9-14-26(38-2)15-10-22)21-23-11-16-27(39-3)17-12-23/h9-19,24,30H,6-8,20-21H2,1-5H3. The van der Waals surface area contributed by atoms with Gasteiger partial charge in [-0.1, -0.05) is 55.3 Å². The van der Waals surface area contributed by atoms with Crippen LogP contribution in [0.2, 0.25) is 5.02 Å². The Labute approximate surface area is 247 Å². The van der Waals surface area contributed by atoms with Crippen LogP contribution >= 0.6 is 11.6 Å². The monoisotopic (exact) mass is 579 g/mol. The molecule has 0 heterocycles. The fourth-order valence-electron chi connectivity index (χ4n) is 5.69. The van der Waals surface area contributed by atoms with Gasteiger partial charge in [0.05, 0.1) is 39.1 Å². The summed E-state index contributed by atoms with van der Waals surface area (Å²) in [6.07, 6.45) is 2.84. The Balaban J connectivity index is 1.81. The molecule has 8 heteroatoms. The average molecular weight is 580 g/mol. The van der Waals surface area contributed by atoms with E-state index in [2.05, 4.69) is 4.90 Å². The molecule has 1 saturated carbocycles. The summed E-state index contributed by atoms with van der Waals surface area (Å²) in [4.78, 5) is 28.3. The number of nitrogens with zero attached hydrogens (tertiary/aromatic N) is 1. The van der Waals surface area contributed by atoms with Crippen LogP contribution in [-0.2, 0) is 37.6 Å². The maximum Gasteiger partial charge on any atom is 0.320 e. The summed E-state index contributed by atoms with van der Waals surface area (Å²) in [6, 6.07) is 21.6. The van der Waals surface area contributed by atoms with E-state index in [1.807, 2.05) is 73.7 Å². The van der Waals surface area contributed by atoms with Crippen LogP contribution in [0.4, 0.5) is 5.69 Å². The van der Waals surface area contributed by atoms with Crippen LogP contribution in [0.15, 0.2) is 66.7 Å². The number of halogens is 1. The Bertz CT molecular complexity index is 1270. The minimum absolute atomic E-state index is 0.108. The van der Waals surface area contributed by atoms with Crippen molar-refractivity contribution in [3.63, 3.8) is 0 Å². The zero-order chi connectivity index (χ0) is 29.6. The van der Waals surface area contributed by atoms with Crippen molar-refractivity contribution >= 4 is 29.2 Å². The first-order valence-electron chi connectivity index (χ1n) is 13.7. The first-order chi connectivity index (χ1) is 19.7. The molecular formula is C33H38ClNO6. The number of hydrogen-bond donors (Lipinski definition) is 0. The minimum atomic E-state index is -1.10. The number of rotatable bonds is 12. The highest BCUT2D eigenvalue weighted by Crippen LogP contribution is 2.50. The molecule has 1 aliphatic rings. The molecule has 218 valence electrons. The van der Waals surface area contributed by atoms with E-state index in [0.717, 1.165) is 53.1 Å². The van der Waals surface area contributed by atoms with Gasteiger partial charge in [0, 0.05) is 18.5 Å². The largest absolute Gasteiger partial charge is 0.497 e. The lowest BCUT2D eigenvalue weighted by atomic mass is 9.57. The van der Waals surface area contributed by atoms with Gasteiger partial charge in [0.15, 0.2) is 5.92 Å². The molecule has 1 fully saturated rings. The molecule has 0 amide bonds. The molecule has 1 aliphatic carbocycles. The van der Waals surface area contributed by atoms with Gasteiger partial charge in [-0.25, -0.2) is 0 Å². The van der Waals surface area contributed by atoms with Gasteiger partial charge in [-0.15, -0.1) is 0 Å². The number of methoxy groups -OCH3 is 4. The maximum absolute atomic E-state index is 13.1. The second kappa shape index (κ2) is 13.3. The summed E-state index contributed by atoms with van der Waals surface area (Å²) in [6.45, 7) is 3.10. The number of carbonyl (C=O) groups is 2. The third-order valence-electron chi connectivity index (χ3n) is 8.40. The van der Waals surface area contributed by atoms with E-state index in [9.17, 15) is 9.59 Å². The molecule has 0 spiro atoms. The van der Waals surface area contributed by atoms with E-state index in [1.54, 1.807) is 14.2 Å². The molecule has 3 aromatic rings. The van der Waals surface area contributed by atoms with Gasteiger partial charge in [0.1, 0.15) is 11.5 Å². The molecule has 41 heavy (non-hydrogen) atoms. The van der Waals surface area contributed by atoms with Crippen LogP contribution in [0.25, 0.3) is 0 Å². The van der Waals surface area contributed by atoms with E-state index in [-0.39, 0.29) is 5.92 Å². The number of carbonyl (C=O) groups excluding carboxylic acids is 2. The number of benzene rings is 3. The summed E-state index contributed by atoms with van der Waals surface area (Å²) < 4.78 is 20.9. The average Bonchev–Trinajstić information content (AvgIpc) is 2.96. The molecule has 4 rings (SSSR count). The molecule has 7 nitrogen and oxygen atoms in total. The van der Waals surface area contributed by atoms with Crippen molar-refractivity contribution in [2.24, 2.45) is 11.8 Å².